The zero-order valence-corrected chi connectivity index (χ0v) is 12.2. The summed E-state index contributed by atoms with van der Waals surface area (Å²) in [5, 5.41) is 0. The van der Waals surface area contributed by atoms with Gasteiger partial charge in [0, 0.05) is 17.9 Å². The van der Waals surface area contributed by atoms with Crippen LogP contribution in [0.2, 0.25) is 0 Å². The minimum atomic E-state index is 0. The fraction of sp³-hybridized carbons (Fsp3) is 0.583. The van der Waals surface area contributed by atoms with Crippen LogP contribution >= 0.6 is 0 Å². The Hall–Kier alpha value is 0.110. The van der Waals surface area contributed by atoms with Gasteiger partial charge in [0.1, 0.15) is 0 Å². The second-order valence-corrected chi connectivity index (χ2v) is 4.33. The van der Waals surface area contributed by atoms with Crippen molar-refractivity contribution in [3.05, 3.63) is 29.1 Å². The Labute approximate surface area is 116 Å². The van der Waals surface area contributed by atoms with E-state index in [1.165, 1.54) is 36.2 Å². The van der Waals surface area contributed by atoms with E-state index in [0.29, 0.717) is 6.04 Å². The fourth-order valence-corrected chi connectivity index (χ4v) is 2.30. The second kappa shape index (κ2) is 5.44. The van der Waals surface area contributed by atoms with Crippen molar-refractivity contribution in [3.63, 3.8) is 0 Å². The number of hydrogen-bond donors (Lipinski definition) is 0. The smallest absolute Gasteiger partial charge is 1.00 e. The van der Waals surface area contributed by atoms with Crippen molar-refractivity contribution in [2.75, 3.05) is 13.6 Å². The van der Waals surface area contributed by atoms with E-state index in [0.717, 1.165) is 0 Å². The minimum absolute atomic E-state index is 0. The molecule has 0 N–H and O–H groups in total. The maximum absolute atomic E-state index is 4.43. The van der Waals surface area contributed by atoms with Crippen LogP contribution in [0, 0.1) is 13.8 Å². The van der Waals surface area contributed by atoms with Gasteiger partial charge in [-0.05, 0) is 51.4 Å². The first-order chi connectivity index (χ1) is 6.68. The molecule has 1 aromatic heterocycles. The molecule has 15 heavy (non-hydrogen) atoms. The Morgan fingerprint density at radius 3 is 2.80 bits per heavy atom. The molecule has 0 saturated carbocycles. The summed E-state index contributed by atoms with van der Waals surface area (Å²) in [7, 11) is 2.21. The summed E-state index contributed by atoms with van der Waals surface area (Å²) in [6.45, 7) is 5.45. The molecular formula is C12H19N2Na. The Morgan fingerprint density at radius 1 is 1.47 bits per heavy atom. The van der Waals surface area contributed by atoms with Gasteiger partial charge in [-0.1, -0.05) is 6.07 Å². The topological polar surface area (TPSA) is 16.1 Å². The van der Waals surface area contributed by atoms with Crippen LogP contribution in [0.5, 0.6) is 0 Å². The van der Waals surface area contributed by atoms with Gasteiger partial charge in [-0.2, -0.15) is 0 Å². The molecule has 0 spiro atoms. The first-order valence-corrected chi connectivity index (χ1v) is 5.32. The molecule has 1 aliphatic rings. The molecular weight excluding hydrogens is 195 g/mol. The summed E-state index contributed by atoms with van der Waals surface area (Å²) >= 11 is 0. The Kier molecular flexibility index (Phi) is 4.78. The van der Waals surface area contributed by atoms with Crippen LogP contribution in [-0.4, -0.2) is 23.5 Å². The summed E-state index contributed by atoms with van der Waals surface area (Å²) in [5.41, 5.74) is 3.88. The molecule has 1 atom stereocenters. The van der Waals surface area contributed by atoms with Crippen molar-refractivity contribution in [1.82, 2.24) is 9.88 Å². The molecule has 3 heteroatoms. The molecule has 2 nitrogen and oxygen atoms in total. The average molecular weight is 214 g/mol. The molecule has 0 radical (unpaired) electrons. The molecule has 1 unspecified atom stereocenters. The van der Waals surface area contributed by atoms with Gasteiger partial charge in [-0.3, -0.25) is 9.88 Å². The van der Waals surface area contributed by atoms with E-state index in [4.69, 9.17) is 0 Å². The summed E-state index contributed by atoms with van der Waals surface area (Å²) in [6.07, 6.45) is 4.55. The molecule has 0 aliphatic carbocycles. The van der Waals surface area contributed by atoms with Crippen LogP contribution in [0.3, 0.4) is 0 Å². The summed E-state index contributed by atoms with van der Waals surface area (Å²) in [5.74, 6) is 0. The zero-order chi connectivity index (χ0) is 10.1. The van der Waals surface area contributed by atoms with Crippen LogP contribution in [0.15, 0.2) is 12.3 Å². The average Bonchev–Trinajstić information content (AvgIpc) is 2.56. The maximum atomic E-state index is 4.43. The van der Waals surface area contributed by atoms with Gasteiger partial charge >= 0.3 is 29.6 Å². The number of aryl methyl sites for hydroxylation is 2. The molecule has 1 aromatic rings. The Morgan fingerprint density at radius 2 is 2.20 bits per heavy atom. The van der Waals surface area contributed by atoms with Gasteiger partial charge < -0.3 is 1.43 Å². The molecule has 1 saturated heterocycles. The number of rotatable bonds is 1. The van der Waals surface area contributed by atoms with Crippen LogP contribution in [-0.2, 0) is 0 Å². The zero-order valence-electron chi connectivity index (χ0n) is 11.2. The molecule has 0 aromatic carbocycles. The Bertz CT molecular complexity index is 344. The molecule has 1 fully saturated rings. The maximum Gasteiger partial charge on any atom is 1.00 e. The molecule has 78 valence electrons. The van der Waals surface area contributed by atoms with Crippen molar-refractivity contribution in [3.8, 4) is 0 Å². The molecule has 2 rings (SSSR count). The van der Waals surface area contributed by atoms with E-state index in [1.807, 2.05) is 6.20 Å². The van der Waals surface area contributed by atoms with Crippen LogP contribution < -0.4 is 29.6 Å². The summed E-state index contributed by atoms with van der Waals surface area (Å²) in [4.78, 5) is 6.86. The monoisotopic (exact) mass is 214 g/mol. The van der Waals surface area contributed by atoms with Crippen molar-refractivity contribution in [1.29, 1.82) is 0 Å². The van der Waals surface area contributed by atoms with Gasteiger partial charge in [-0.15, -0.1) is 0 Å². The molecule has 2 heterocycles. The third kappa shape index (κ3) is 2.82. The van der Waals surface area contributed by atoms with E-state index < -0.39 is 0 Å². The van der Waals surface area contributed by atoms with Crippen molar-refractivity contribution < 1.29 is 31.0 Å². The molecule has 0 bridgehead atoms. The van der Waals surface area contributed by atoms with Crippen molar-refractivity contribution >= 4 is 0 Å². The fourth-order valence-electron chi connectivity index (χ4n) is 2.30. The van der Waals surface area contributed by atoms with Gasteiger partial charge in [0.25, 0.3) is 0 Å². The number of pyridine rings is 1. The number of nitrogens with zero attached hydrogens (tertiary/aromatic N) is 2. The second-order valence-electron chi connectivity index (χ2n) is 4.33. The van der Waals surface area contributed by atoms with E-state index in [2.05, 4.69) is 36.8 Å². The van der Waals surface area contributed by atoms with Crippen LogP contribution in [0.25, 0.3) is 0 Å². The van der Waals surface area contributed by atoms with Gasteiger partial charge in [0.2, 0.25) is 0 Å². The predicted molar refractivity (Wildman–Crippen MR) is 59.4 cm³/mol. The van der Waals surface area contributed by atoms with E-state index in [9.17, 15) is 0 Å². The van der Waals surface area contributed by atoms with Crippen LogP contribution in [0.1, 0.15) is 37.1 Å². The van der Waals surface area contributed by atoms with E-state index in [-0.39, 0.29) is 31.0 Å². The minimum Gasteiger partial charge on any atom is -1.00 e. The first kappa shape index (κ1) is 13.2. The quantitative estimate of drug-likeness (QED) is 0.590. The first-order valence-electron chi connectivity index (χ1n) is 5.32. The number of hydrogen-bond acceptors (Lipinski definition) is 2. The van der Waals surface area contributed by atoms with Crippen molar-refractivity contribution in [2.45, 2.75) is 32.7 Å². The summed E-state index contributed by atoms with van der Waals surface area (Å²) < 4.78 is 0. The molecule has 1 aliphatic heterocycles. The van der Waals surface area contributed by atoms with Gasteiger partial charge in [-0.25, -0.2) is 0 Å². The Balaban J connectivity index is 0.00000112. The van der Waals surface area contributed by atoms with Crippen LogP contribution in [0.4, 0.5) is 0 Å². The third-order valence-corrected chi connectivity index (χ3v) is 3.14. The molecule has 0 amide bonds. The standard InChI is InChI=1S/C12H18N2.Na.H/c1-9-7-11(10(2)13-8-9)12-5-4-6-14(12)3;;/h7-8,12H,4-6H2,1-3H3;;/q;+1;-1. The van der Waals surface area contributed by atoms with Gasteiger partial charge in [0.05, 0.1) is 0 Å². The van der Waals surface area contributed by atoms with E-state index >= 15 is 0 Å². The van der Waals surface area contributed by atoms with Crippen molar-refractivity contribution in [2.24, 2.45) is 0 Å². The summed E-state index contributed by atoms with van der Waals surface area (Å²) in [6, 6.07) is 2.89. The SMILES string of the molecule is Cc1cnc(C)c(C2CCCN2C)c1.[H-].[Na+]. The largest absolute Gasteiger partial charge is 1.00 e. The van der Waals surface area contributed by atoms with Gasteiger partial charge in [0.15, 0.2) is 0 Å². The normalized spacial score (nSPS) is 21.4. The third-order valence-electron chi connectivity index (χ3n) is 3.14. The number of aromatic nitrogens is 1. The number of likely N-dealkylation sites (tertiary alicyclic amines) is 1. The predicted octanol–water partition coefficient (Wildman–Crippen LogP) is -0.418. The van der Waals surface area contributed by atoms with E-state index in [1.54, 1.807) is 0 Å².